The smallest absolute Gasteiger partial charge is 0.243 e. The Balaban J connectivity index is 1.76. The van der Waals surface area contributed by atoms with Crippen LogP contribution in [0.2, 0.25) is 0 Å². The molecule has 4 heteroatoms. The maximum Gasteiger partial charge on any atom is 0.243 e. The second kappa shape index (κ2) is 4.61. The average Bonchev–Trinajstić information content (AvgIpc) is 3.02. The van der Waals surface area contributed by atoms with Gasteiger partial charge in [-0.15, -0.1) is 0 Å². The van der Waals surface area contributed by atoms with Gasteiger partial charge in [0.1, 0.15) is 0 Å². The van der Waals surface area contributed by atoms with Crippen LogP contribution in [0.5, 0.6) is 0 Å². The fourth-order valence-electron chi connectivity index (χ4n) is 2.78. The Morgan fingerprint density at radius 3 is 2.17 bits per heavy atom. The van der Waals surface area contributed by atoms with E-state index in [0.717, 1.165) is 31.7 Å². The molecule has 0 bridgehead atoms. The SMILES string of the molecule is NC1CCN(c2ccc(N3CCCC3)cc2)C1=O. The molecule has 2 aliphatic heterocycles. The summed E-state index contributed by atoms with van der Waals surface area (Å²) in [5.74, 6) is 0.0453. The molecule has 2 heterocycles. The van der Waals surface area contributed by atoms with Gasteiger partial charge in [-0.25, -0.2) is 0 Å². The molecular formula is C14H19N3O. The molecule has 1 aromatic carbocycles. The van der Waals surface area contributed by atoms with Crippen molar-refractivity contribution in [3.05, 3.63) is 24.3 Å². The molecule has 3 rings (SSSR count). The number of nitrogens with two attached hydrogens (primary N) is 1. The first kappa shape index (κ1) is 11.5. The van der Waals surface area contributed by atoms with Gasteiger partial charge in [0, 0.05) is 31.0 Å². The van der Waals surface area contributed by atoms with E-state index in [1.54, 1.807) is 4.90 Å². The van der Waals surface area contributed by atoms with Crippen LogP contribution in [-0.4, -0.2) is 31.6 Å². The van der Waals surface area contributed by atoms with Gasteiger partial charge in [0.2, 0.25) is 5.91 Å². The summed E-state index contributed by atoms with van der Waals surface area (Å²) >= 11 is 0. The third-order valence-electron chi connectivity index (χ3n) is 3.88. The van der Waals surface area contributed by atoms with Crippen LogP contribution in [0.15, 0.2) is 24.3 Å². The lowest BCUT2D eigenvalue weighted by atomic mass is 10.2. The van der Waals surface area contributed by atoms with Crippen molar-refractivity contribution < 1.29 is 4.79 Å². The van der Waals surface area contributed by atoms with E-state index in [9.17, 15) is 4.79 Å². The van der Waals surface area contributed by atoms with Gasteiger partial charge in [0.15, 0.2) is 0 Å². The van der Waals surface area contributed by atoms with Crippen LogP contribution in [-0.2, 0) is 4.79 Å². The number of benzene rings is 1. The van der Waals surface area contributed by atoms with Crippen LogP contribution < -0.4 is 15.5 Å². The number of anilines is 2. The van der Waals surface area contributed by atoms with Crippen molar-refractivity contribution in [1.29, 1.82) is 0 Å². The average molecular weight is 245 g/mol. The molecule has 2 aliphatic rings. The summed E-state index contributed by atoms with van der Waals surface area (Å²) < 4.78 is 0. The highest BCUT2D eigenvalue weighted by Crippen LogP contribution is 2.26. The Morgan fingerprint density at radius 2 is 1.61 bits per heavy atom. The summed E-state index contributed by atoms with van der Waals surface area (Å²) in [6.45, 7) is 3.03. The quantitative estimate of drug-likeness (QED) is 0.855. The van der Waals surface area contributed by atoms with Crippen molar-refractivity contribution in [2.45, 2.75) is 25.3 Å². The van der Waals surface area contributed by atoms with E-state index in [1.807, 2.05) is 12.1 Å². The number of carbonyl (C=O) groups is 1. The number of carbonyl (C=O) groups excluding carboxylic acids is 1. The molecule has 1 unspecified atom stereocenters. The third kappa shape index (κ3) is 1.97. The molecular weight excluding hydrogens is 226 g/mol. The summed E-state index contributed by atoms with van der Waals surface area (Å²) in [6, 6.07) is 7.96. The minimum absolute atomic E-state index is 0.0453. The molecule has 1 aromatic rings. The molecule has 0 aliphatic carbocycles. The molecule has 2 fully saturated rings. The van der Waals surface area contributed by atoms with Crippen LogP contribution in [0.4, 0.5) is 11.4 Å². The van der Waals surface area contributed by atoms with Crippen LogP contribution in [0.25, 0.3) is 0 Å². The molecule has 0 spiro atoms. The van der Waals surface area contributed by atoms with Crippen molar-refractivity contribution in [1.82, 2.24) is 0 Å². The Bertz CT molecular complexity index is 437. The minimum atomic E-state index is -0.316. The molecule has 2 saturated heterocycles. The predicted octanol–water partition coefficient (Wildman–Crippen LogP) is 1.35. The van der Waals surface area contributed by atoms with E-state index in [4.69, 9.17) is 5.73 Å². The molecule has 1 atom stereocenters. The zero-order valence-electron chi connectivity index (χ0n) is 10.5. The summed E-state index contributed by atoms with van der Waals surface area (Å²) in [5, 5.41) is 0. The van der Waals surface area contributed by atoms with Gasteiger partial charge in [-0.2, -0.15) is 0 Å². The fraction of sp³-hybridized carbons (Fsp3) is 0.500. The summed E-state index contributed by atoms with van der Waals surface area (Å²) in [7, 11) is 0. The second-order valence-electron chi connectivity index (χ2n) is 5.10. The number of rotatable bonds is 2. The molecule has 0 saturated carbocycles. The molecule has 96 valence electrons. The monoisotopic (exact) mass is 245 g/mol. The lowest BCUT2D eigenvalue weighted by molar-refractivity contribution is -0.118. The number of amides is 1. The normalized spacial score (nSPS) is 24.1. The minimum Gasteiger partial charge on any atom is -0.372 e. The Morgan fingerprint density at radius 1 is 1.00 bits per heavy atom. The van der Waals surface area contributed by atoms with E-state index in [0.29, 0.717) is 0 Å². The van der Waals surface area contributed by atoms with Gasteiger partial charge in [-0.1, -0.05) is 0 Å². The van der Waals surface area contributed by atoms with Gasteiger partial charge in [0.25, 0.3) is 0 Å². The van der Waals surface area contributed by atoms with Crippen LogP contribution in [0, 0.1) is 0 Å². The van der Waals surface area contributed by atoms with Gasteiger partial charge in [-0.05, 0) is 43.5 Å². The van der Waals surface area contributed by atoms with Crippen molar-refractivity contribution in [2.75, 3.05) is 29.4 Å². The predicted molar refractivity (Wildman–Crippen MR) is 72.8 cm³/mol. The second-order valence-corrected chi connectivity index (χ2v) is 5.10. The summed E-state index contributed by atoms with van der Waals surface area (Å²) in [5.41, 5.74) is 7.96. The Hall–Kier alpha value is -1.55. The van der Waals surface area contributed by atoms with Gasteiger partial charge in [-0.3, -0.25) is 4.79 Å². The Labute approximate surface area is 107 Å². The van der Waals surface area contributed by atoms with Crippen LogP contribution in [0.3, 0.4) is 0 Å². The zero-order chi connectivity index (χ0) is 12.5. The molecule has 1 amide bonds. The van der Waals surface area contributed by atoms with E-state index in [-0.39, 0.29) is 11.9 Å². The zero-order valence-corrected chi connectivity index (χ0v) is 10.5. The molecule has 18 heavy (non-hydrogen) atoms. The third-order valence-corrected chi connectivity index (χ3v) is 3.88. The van der Waals surface area contributed by atoms with Gasteiger partial charge >= 0.3 is 0 Å². The lowest BCUT2D eigenvalue weighted by Gasteiger charge is -2.20. The highest BCUT2D eigenvalue weighted by Gasteiger charge is 2.29. The standard InChI is InChI=1S/C14H19N3O/c15-13-7-10-17(14(13)18)12-5-3-11(4-6-12)16-8-1-2-9-16/h3-6,13H,1-2,7-10,15H2. The van der Waals surface area contributed by atoms with Crippen LogP contribution in [0.1, 0.15) is 19.3 Å². The topological polar surface area (TPSA) is 49.6 Å². The first-order valence-electron chi connectivity index (χ1n) is 6.68. The van der Waals surface area contributed by atoms with Crippen molar-refractivity contribution in [3.8, 4) is 0 Å². The van der Waals surface area contributed by atoms with E-state index in [1.165, 1.54) is 18.5 Å². The molecule has 0 aromatic heterocycles. The van der Waals surface area contributed by atoms with Crippen LogP contribution >= 0.6 is 0 Å². The maximum absolute atomic E-state index is 11.8. The van der Waals surface area contributed by atoms with Crippen molar-refractivity contribution >= 4 is 17.3 Å². The first-order chi connectivity index (χ1) is 8.75. The first-order valence-corrected chi connectivity index (χ1v) is 6.68. The van der Waals surface area contributed by atoms with E-state index < -0.39 is 0 Å². The summed E-state index contributed by atoms with van der Waals surface area (Å²) in [6.07, 6.45) is 3.31. The summed E-state index contributed by atoms with van der Waals surface area (Å²) in [4.78, 5) is 16.0. The van der Waals surface area contributed by atoms with E-state index in [2.05, 4.69) is 17.0 Å². The molecule has 0 radical (unpaired) electrons. The highest BCUT2D eigenvalue weighted by atomic mass is 16.2. The Kier molecular flexibility index (Phi) is 2.96. The lowest BCUT2D eigenvalue weighted by Crippen LogP contribution is -2.33. The van der Waals surface area contributed by atoms with Gasteiger partial charge < -0.3 is 15.5 Å². The number of hydrogen-bond donors (Lipinski definition) is 1. The fourth-order valence-corrected chi connectivity index (χ4v) is 2.78. The van der Waals surface area contributed by atoms with Crippen molar-refractivity contribution in [2.24, 2.45) is 5.73 Å². The van der Waals surface area contributed by atoms with Gasteiger partial charge in [0.05, 0.1) is 6.04 Å². The van der Waals surface area contributed by atoms with Crippen molar-refractivity contribution in [3.63, 3.8) is 0 Å². The highest BCUT2D eigenvalue weighted by molar-refractivity contribution is 5.99. The largest absolute Gasteiger partial charge is 0.372 e. The number of nitrogens with zero attached hydrogens (tertiary/aromatic N) is 2. The number of hydrogen-bond acceptors (Lipinski definition) is 3. The molecule has 2 N–H and O–H groups in total. The van der Waals surface area contributed by atoms with E-state index >= 15 is 0 Å². The maximum atomic E-state index is 11.8. The molecule has 4 nitrogen and oxygen atoms in total.